The van der Waals surface area contributed by atoms with Crippen molar-refractivity contribution < 1.29 is 25.2 Å². The number of likely N-dealkylation sites (tertiary alicyclic amines) is 4. The molecule has 2 spiro atoms. The highest BCUT2D eigenvalue weighted by molar-refractivity contribution is 6.77. The van der Waals surface area contributed by atoms with Crippen LogP contribution in [0.4, 0.5) is 0 Å². The summed E-state index contributed by atoms with van der Waals surface area (Å²) in [6.45, 7) is 9.00. The predicted molar refractivity (Wildman–Crippen MR) is 384 cm³/mol. The van der Waals surface area contributed by atoms with E-state index in [1.54, 1.807) is 293 Å². The molecule has 0 aromatic heterocycles. The SMILES string of the molecule is OCCC1CCN([C@@]23C4=C5C6=C7C48OC84c8c2c2c9c3c3c%10c%11c(c%12c%13c%14c(c%15c%16c%17c(c4c4c8c8c2c2c%18c9c%10c9c%10c%11c%13c%11c%13c%14c%16c%14c%16c%17c4c4c8c2c2c(c4%16)c(c%14%13)c(c%10%11)c2c%189)[C@]7%15N2CCC(CCO)CC2)[C@]6%12N2CCC(CCO)CC2)[C@]53N2CCC(CCO)CC2)CC1. The molecule has 0 saturated carbocycles. The van der Waals surface area contributed by atoms with Crippen LogP contribution in [0.15, 0.2) is 22.3 Å². The van der Waals surface area contributed by atoms with Gasteiger partial charge in [-0.1, -0.05) is 0 Å². The monoisotopic (exact) mass is 1250 g/mol. The number of hydrogen-bond acceptors (Lipinski definition) is 9. The summed E-state index contributed by atoms with van der Waals surface area (Å²) in [5, 5.41) is 109. The van der Waals surface area contributed by atoms with E-state index in [0.717, 1.165) is 129 Å². The van der Waals surface area contributed by atoms with Gasteiger partial charge >= 0.3 is 0 Å². The number of nitrogens with zero attached hydrogens (tertiary/aromatic N) is 4. The van der Waals surface area contributed by atoms with Crippen molar-refractivity contribution in [3.8, 4) is 0 Å². The molecule has 21 aromatic rings. The van der Waals surface area contributed by atoms with Gasteiger partial charge < -0.3 is 25.2 Å². The van der Waals surface area contributed by atoms with Crippen LogP contribution in [0, 0.1) is 23.7 Å². The average Bonchev–Trinajstić information content (AvgIpc) is 1.36. The van der Waals surface area contributed by atoms with E-state index in [0.29, 0.717) is 23.7 Å². The first-order valence-electron chi connectivity index (χ1n) is 38.5. The Bertz CT molecular complexity index is 7290. The van der Waals surface area contributed by atoms with Gasteiger partial charge in [0.1, 0.15) is 0 Å². The van der Waals surface area contributed by atoms with E-state index < -0.39 is 33.4 Å². The Kier molecular flexibility index (Phi) is 5.54. The highest BCUT2D eigenvalue weighted by Gasteiger charge is 2.96. The topological polar surface area (TPSA) is 106 Å². The van der Waals surface area contributed by atoms with Gasteiger partial charge in [0, 0.05) is 48.7 Å². The van der Waals surface area contributed by atoms with E-state index in [-0.39, 0.29) is 26.4 Å². The van der Waals surface area contributed by atoms with Crippen LogP contribution < -0.4 is 0 Å². The third-order valence-electron chi connectivity index (χ3n) is 35.3. The summed E-state index contributed by atoms with van der Waals surface area (Å²) in [5.74, 6) is 1.93. The van der Waals surface area contributed by atoms with Crippen LogP contribution in [-0.4, -0.2) is 124 Å². The largest absolute Gasteiger partial charge is 0.396 e. The van der Waals surface area contributed by atoms with Gasteiger partial charge in [-0.3, -0.25) is 19.6 Å². The van der Waals surface area contributed by atoms with Crippen LogP contribution in [0.2, 0.25) is 0 Å². The lowest BCUT2D eigenvalue weighted by Gasteiger charge is -2.63. The Labute approximate surface area is 547 Å². The Morgan fingerprint density at radius 3 is 0.619 bits per heavy atom. The van der Waals surface area contributed by atoms with E-state index in [4.69, 9.17) is 0 Å². The maximum Gasteiger partial charge on any atom is 0.159 e. The third kappa shape index (κ3) is 3.01. The number of piperidine rings is 4. The van der Waals surface area contributed by atoms with Gasteiger partial charge in [0.15, 0.2) is 11.2 Å². The molecule has 5 saturated heterocycles. The molecule has 11 aliphatic carbocycles. The zero-order valence-corrected chi connectivity index (χ0v) is 53.3. The molecule has 5 heterocycles. The second kappa shape index (κ2) is 11.8. The Hall–Kier alpha value is -7.38. The summed E-state index contributed by atoms with van der Waals surface area (Å²) in [6.07, 6.45) is 12.2. The standard InChI is InChI=1S/C88H56N4O5/c93-21-9-25-1-13-89(14-2-25)83-69-59-49-39-34-29-30-32-33-31(29)36-42-40(34)50(49)60-62-52(42)54-44(36)46-38(33)48-47-37(32)45-43-35(30)41(39)51-53(43)63-65-55(45)57(47)67-68-58(48)56(46)66-64(54)74-72(62)84(70(60)69,90-15-3-26(4-16-90)10-22-94)80-79(83)81-85(73(63)71(83)61(51)59,91-17-5-27(6-18-91)11-23-95)75(65)77(67)87-78(68)76(66)86(74,82(80)88(81,87)97-87)92-19-7-28(8-20-92)12-24-96/h25-28,93-96H,1-24H2/t83-,84+,85-,86+,87?,88?. The molecule has 9 heteroatoms. The summed E-state index contributed by atoms with van der Waals surface area (Å²) in [4.78, 5) is 12.9. The number of hydrogen-bond donors (Lipinski definition) is 4. The van der Waals surface area contributed by atoms with E-state index in [1.807, 2.05) is 0 Å². The van der Waals surface area contributed by atoms with E-state index in [9.17, 15) is 25.2 Å². The van der Waals surface area contributed by atoms with Crippen LogP contribution in [0.3, 0.4) is 0 Å². The van der Waals surface area contributed by atoms with Crippen molar-refractivity contribution in [2.24, 2.45) is 23.7 Å². The summed E-state index contributed by atoms with van der Waals surface area (Å²) in [6, 6.07) is 0. The van der Waals surface area contributed by atoms with Gasteiger partial charge in [-0.25, -0.2) is 0 Å². The lowest BCUT2D eigenvalue weighted by Crippen LogP contribution is -2.65. The Morgan fingerprint density at radius 2 is 0.402 bits per heavy atom. The minimum atomic E-state index is -0.776. The lowest BCUT2D eigenvalue weighted by atomic mass is 9.51. The predicted octanol–water partition coefficient (Wildman–Crippen LogP) is 15.2. The summed E-state index contributed by atoms with van der Waals surface area (Å²) >= 11 is 0. The molecule has 21 aromatic carbocycles. The van der Waals surface area contributed by atoms with E-state index >= 15 is 0 Å². The fourth-order valence-electron chi connectivity index (χ4n) is 33.8. The molecule has 6 atom stereocenters. The van der Waals surface area contributed by atoms with Gasteiger partial charge in [-0.15, -0.1) is 0 Å². The van der Waals surface area contributed by atoms with E-state index in [2.05, 4.69) is 19.6 Å². The molecule has 5 fully saturated rings. The molecule has 2 unspecified atom stereocenters. The first-order valence-corrected chi connectivity index (χ1v) is 38.5. The number of benzene rings is 15. The minimum absolute atomic E-state index is 0.255. The van der Waals surface area contributed by atoms with Crippen molar-refractivity contribution in [1.29, 1.82) is 0 Å². The minimum Gasteiger partial charge on any atom is -0.396 e. The van der Waals surface area contributed by atoms with E-state index in [1.165, 1.54) is 0 Å². The zero-order chi connectivity index (χ0) is 60.5. The molecule has 16 aliphatic rings. The Morgan fingerprint density at radius 1 is 0.227 bits per heavy atom. The highest BCUT2D eigenvalue weighted by atomic mass is 16.6. The van der Waals surface area contributed by atoms with Crippen molar-refractivity contribution in [1.82, 2.24) is 19.6 Å². The second-order valence-corrected chi connectivity index (χ2v) is 36.3. The molecule has 9 nitrogen and oxygen atoms in total. The molecule has 0 bridgehead atoms. The van der Waals surface area contributed by atoms with Crippen LogP contribution in [0.5, 0.6) is 0 Å². The molecule has 5 aliphatic heterocycles. The number of rotatable bonds is 12. The molecule has 37 rings (SSSR count). The first kappa shape index (κ1) is 45.3. The summed E-state index contributed by atoms with van der Waals surface area (Å²) < 4.78 is 9.44. The molecule has 458 valence electrons. The number of epoxide rings is 1. The highest BCUT2D eigenvalue weighted by Crippen LogP contribution is 2.96. The van der Waals surface area contributed by atoms with Crippen molar-refractivity contribution in [3.63, 3.8) is 0 Å². The molecule has 0 amide bonds. The van der Waals surface area contributed by atoms with Gasteiger partial charge in [0.25, 0.3) is 0 Å². The molecule has 4 N–H and O–H groups in total. The summed E-state index contributed by atoms with van der Waals surface area (Å²) in [7, 11) is 0. The van der Waals surface area contributed by atoms with Crippen molar-refractivity contribution in [2.45, 2.75) is 110 Å². The van der Waals surface area contributed by atoms with Crippen molar-refractivity contribution >= 4 is 215 Å². The maximum atomic E-state index is 10.9. The average molecular weight is 1250 g/mol. The quantitative estimate of drug-likeness (QED) is 0.0703. The van der Waals surface area contributed by atoms with Crippen LogP contribution in [0.25, 0.3) is 215 Å². The van der Waals surface area contributed by atoms with Crippen LogP contribution >= 0.6 is 0 Å². The first-order chi connectivity index (χ1) is 48.1. The summed E-state index contributed by atoms with van der Waals surface area (Å²) in [5.41, 5.74) is 19.7. The van der Waals surface area contributed by atoms with Crippen LogP contribution in [-0.2, 0) is 32.5 Å². The second-order valence-electron chi connectivity index (χ2n) is 36.3. The molecule has 97 heavy (non-hydrogen) atoms. The lowest BCUT2D eigenvalue weighted by molar-refractivity contribution is 0.0477. The number of aliphatic hydroxyl groups is 4. The number of aliphatic hydroxyl groups excluding tert-OH is 4. The molecular formula is C88H56N4O5. The Balaban J connectivity index is 0.917. The van der Waals surface area contributed by atoms with Gasteiger partial charge in [-0.05, 0) is 424 Å². The fourth-order valence-corrected chi connectivity index (χ4v) is 33.8. The maximum absolute atomic E-state index is 10.9. The third-order valence-corrected chi connectivity index (χ3v) is 35.3. The smallest absolute Gasteiger partial charge is 0.159 e. The van der Waals surface area contributed by atoms with Crippen molar-refractivity contribution in [3.05, 3.63) is 77.9 Å². The van der Waals surface area contributed by atoms with Crippen LogP contribution in [0.1, 0.15) is 133 Å². The van der Waals surface area contributed by atoms with Crippen molar-refractivity contribution in [2.75, 3.05) is 78.8 Å². The number of ether oxygens (including phenoxy) is 1. The molecular weight excluding hydrogens is 1190 g/mol. The van der Waals surface area contributed by atoms with Gasteiger partial charge in [-0.2, -0.15) is 0 Å². The van der Waals surface area contributed by atoms with Gasteiger partial charge in [0.05, 0.1) is 22.2 Å². The fraction of sp³-hybridized carbons (Fsp3) is 0.386. The zero-order valence-electron chi connectivity index (χ0n) is 53.3. The van der Waals surface area contributed by atoms with Gasteiger partial charge in [0.2, 0.25) is 0 Å². The normalized spacial score (nSPS) is 32.4. The molecule has 0 radical (unpaired) electrons.